The van der Waals surface area contributed by atoms with Crippen LogP contribution < -0.4 is 0 Å². The minimum Gasteiger partial charge on any atom is -0.594 e. The fraction of sp³-hybridized carbons (Fsp3) is 0. The van der Waals surface area contributed by atoms with Crippen LogP contribution in [-0.2, 0) is 60.7 Å². The van der Waals surface area contributed by atoms with Gasteiger partial charge in [-0.05, 0) is 71.3 Å². The molecule has 8 aromatic carbocycles. The average Bonchev–Trinajstić information content (AvgIpc) is 4.29. The number of aromatic nitrogens is 6. The first-order chi connectivity index (χ1) is 37.8. The van der Waals surface area contributed by atoms with Gasteiger partial charge in [0.1, 0.15) is 57.1 Å². The molecule has 0 atom stereocenters. The average molecular weight is 1220 g/mol. The zero-order chi connectivity index (χ0) is 58.4. The number of hydrogen-bond acceptors (Lipinski definition) is 18. The molecule has 27 nitrogen and oxygen atoms in total. The van der Waals surface area contributed by atoms with Gasteiger partial charge in [0.25, 0.3) is 60.7 Å². The van der Waals surface area contributed by atoms with E-state index in [1.54, 1.807) is 12.1 Å². The third-order valence-corrected chi connectivity index (χ3v) is 17.6. The van der Waals surface area contributed by atoms with Gasteiger partial charge in [-0.25, -0.2) is 0 Å². The van der Waals surface area contributed by atoms with Gasteiger partial charge in [-0.3, -0.25) is 27.3 Å². The van der Waals surface area contributed by atoms with Crippen molar-refractivity contribution in [2.75, 3.05) is 0 Å². The maximum Gasteiger partial charge on any atom is 0.295 e. The van der Waals surface area contributed by atoms with Crippen LogP contribution in [0.2, 0.25) is 0 Å². The number of fused-ring (bicyclic) bond motifs is 6. The summed E-state index contributed by atoms with van der Waals surface area (Å²) in [6, 6.07) is 26.4. The largest absolute Gasteiger partial charge is 0.594 e. The first-order valence-electron chi connectivity index (χ1n) is 22.4. The number of hydrogen-bond donors (Lipinski definition) is 6. The van der Waals surface area contributed by atoms with Gasteiger partial charge in [-0.2, -0.15) is 60.1 Å². The van der Waals surface area contributed by atoms with E-state index < -0.39 is 107 Å². The van der Waals surface area contributed by atoms with Crippen LogP contribution >= 0.6 is 0 Å². The lowest BCUT2D eigenvalue weighted by Gasteiger charge is -2.08. The smallest absolute Gasteiger partial charge is 0.295 e. The van der Waals surface area contributed by atoms with Gasteiger partial charge in [-0.15, -0.1) is 20.4 Å². The van der Waals surface area contributed by atoms with E-state index in [-0.39, 0.29) is 76.5 Å². The summed E-state index contributed by atoms with van der Waals surface area (Å²) in [5.41, 5.74) is -2.08. The van der Waals surface area contributed by atoms with Gasteiger partial charge in [0.05, 0.1) is 11.4 Å². The van der Waals surface area contributed by atoms with Crippen LogP contribution in [0.25, 0.3) is 79.3 Å². The molecule has 0 bridgehead atoms. The van der Waals surface area contributed by atoms with E-state index in [1.807, 2.05) is 0 Å². The predicted molar refractivity (Wildman–Crippen MR) is 288 cm³/mol. The van der Waals surface area contributed by atoms with Crippen LogP contribution in [0.15, 0.2) is 168 Å². The second-order valence-corrected chi connectivity index (χ2v) is 25.7. The van der Waals surface area contributed by atoms with E-state index >= 15 is 0 Å². The molecular weight excluding hydrogens is 1180 g/mol. The highest BCUT2D eigenvalue weighted by molar-refractivity contribution is 7.87. The van der Waals surface area contributed by atoms with Crippen molar-refractivity contribution in [3.63, 3.8) is 0 Å². The predicted octanol–water partition coefficient (Wildman–Crippen LogP) is 7.21. The molecule has 10 aromatic rings. The number of nitrogens with zero attached hydrogens (tertiary/aromatic N) is 8. The van der Waals surface area contributed by atoms with E-state index in [4.69, 9.17) is 0 Å². The monoisotopic (exact) mass is 1220 g/mol. The fourth-order valence-corrected chi connectivity index (χ4v) is 12.8. The second kappa shape index (κ2) is 19.9. The van der Waals surface area contributed by atoms with Gasteiger partial charge in [0, 0.05) is 44.4 Å². The number of azo groups is 1. The van der Waals surface area contributed by atoms with E-state index in [0.29, 0.717) is 0 Å². The molecule has 2 heterocycles. The summed E-state index contributed by atoms with van der Waals surface area (Å²) in [7, 11) is -29.9. The van der Waals surface area contributed by atoms with E-state index in [0.717, 1.165) is 101 Å². The molecule has 0 radical (unpaired) electrons. The molecule has 0 fully saturated rings. The molecule has 0 amide bonds. The van der Waals surface area contributed by atoms with Crippen molar-refractivity contribution >= 4 is 140 Å². The molecule has 33 heteroatoms. The summed E-state index contributed by atoms with van der Waals surface area (Å²) in [6.07, 6.45) is 4.03. The highest BCUT2D eigenvalue weighted by Crippen LogP contribution is 2.34. The first-order valence-corrected chi connectivity index (χ1v) is 31.0. The van der Waals surface area contributed by atoms with Crippen LogP contribution in [0.4, 0.5) is 11.4 Å². The first kappa shape index (κ1) is 55.7. The SMILES string of the molecule is O=S(=O)(O)c1ccc([N+]([O-])=Nc2ccc(/C=C/c3ccc(-n4nc5cc(S(=O)(=O)O)c6ccccc6c5n4)cc3S(=O)(=O)O)c(S(=O)(=O)O)c2)cc1/C=C/c1ccc(-n2nc3cc(S(=O)(=O)O)c4ccccc4c3n2)cc1S(=O)(=O)O. The topological polar surface area (TPSA) is 426 Å². The maximum atomic E-state index is 13.5. The Bertz CT molecular complexity index is 5200. The summed E-state index contributed by atoms with van der Waals surface area (Å²) in [4.78, 5) is -2.40. The molecular formula is C48H32N8O19S6. The minimum absolute atomic E-state index is 0.0144. The van der Waals surface area contributed by atoms with Gasteiger partial charge in [-0.1, -0.05) is 95.9 Å². The molecule has 0 saturated carbocycles. The Hall–Kier alpha value is -8.58. The summed E-state index contributed by atoms with van der Waals surface area (Å²) in [5, 5.41) is 35.3. The summed E-state index contributed by atoms with van der Waals surface area (Å²) >= 11 is 0. The van der Waals surface area contributed by atoms with Crippen molar-refractivity contribution in [3.8, 4) is 11.4 Å². The molecule has 0 saturated heterocycles. The molecule has 10 rings (SSSR count). The second-order valence-electron chi connectivity index (χ2n) is 17.3. The zero-order valence-corrected chi connectivity index (χ0v) is 44.9. The molecule has 414 valence electrons. The summed E-state index contributed by atoms with van der Waals surface area (Å²) in [5.74, 6) is 0. The molecule has 0 aliphatic rings. The maximum absolute atomic E-state index is 13.5. The molecule has 0 aliphatic heterocycles. The highest BCUT2D eigenvalue weighted by atomic mass is 32.2. The quantitative estimate of drug-likeness (QED) is 0.0206. The summed E-state index contributed by atoms with van der Waals surface area (Å²) in [6.45, 7) is 0. The van der Waals surface area contributed by atoms with Crippen LogP contribution in [0.5, 0.6) is 0 Å². The Kier molecular flexibility index (Phi) is 13.7. The summed E-state index contributed by atoms with van der Waals surface area (Å²) < 4.78 is 211. The van der Waals surface area contributed by atoms with Crippen molar-refractivity contribution in [2.45, 2.75) is 29.4 Å². The zero-order valence-electron chi connectivity index (χ0n) is 40.0. The van der Waals surface area contributed by atoms with Crippen LogP contribution in [0.3, 0.4) is 0 Å². The van der Waals surface area contributed by atoms with Crippen molar-refractivity contribution in [3.05, 3.63) is 161 Å². The molecule has 0 aliphatic carbocycles. The third-order valence-electron chi connectivity index (χ3n) is 12.1. The fourth-order valence-electron chi connectivity index (χ4n) is 8.59. The molecule has 0 unspecified atom stereocenters. The van der Waals surface area contributed by atoms with Crippen LogP contribution in [0.1, 0.15) is 22.3 Å². The van der Waals surface area contributed by atoms with Gasteiger partial charge >= 0.3 is 0 Å². The standard InChI is InChI=1S/C48H32N8O19S6/c57-56(34-19-20-41(76(58,59)60)30(21-34)12-11-29-15-18-33(24-44(29)79(67,68)69)55-51-40-26-46(81(73,74)75)36-6-2-4-8-38(36)48(40)53-55)49-31-16-13-27(42(22-31)77(61,62)63)9-10-28-14-17-32(23-43(28)78(64,65)66)54-50-39-25-45(80(70,71)72)35-5-1-3-7-37(35)47(39)52-54/h1-26H,(H,58,59,60)(H,61,62,63)(H,64,65,66)(H,67,68,69)(H,70,71,72)(H,73,74,75)/b10-9+,12-11+,56-49?. The van der Waals surface area contributed by atoms with Crippen molar-refractivity contribution in [2.24, 2.45) is 5.11 Å². The third kappa shape index (κ3) is 11.2. The Balaban J connectivity index is 0.958. The molecule has 81 heavy (non-hydrogen) atoms. The van der Waals surface area contributed by atoms with E-state index in [2.05, 4.69) is 25.5 Å². The normalized spacial score (nSPS) is 13.4. The lowest BCUT2D eigenvalue weighted by atomic mass is 10.1. The van der Waals surface area contributed by atoms with Crippen LogP contribution in [0, 0.1) is 5.21 Å². The Labute approximate surface area is 456 Å². The highest BCUT2D eigenvalue weighted by Gasteiger charge is 2.25. The van der Waals surface area contributed by atoms with Crippen molar-refractivity contribution in [1.82, 2.24) is 30.0 Å². The number of rotatable bonds is 14. The van der Waals surface area contributed by atoms with Crippen LogP contribution in [-0.4, -0.2) is 113 Å². The minimum atomic E-state index is -5.17. The molecule has 2 aromatic heterocycles. The number of benzene rings is 8. The Morgan fingerprint density at radius 2 is 0.753 bits per heavy atom. The lowest BCUT2D eigenvalue weighted by Crippen LogP contribution is -2.05. The van der Waals surface area contributed by atoms with E-state index in [1.165, 1.54) is 54.6 Å². The Morgan fingerprint density at radius 3 is 1.16 bits per heavy atom. The van der Waals surface area contributed by atoms with Gasteiger partial charge in [0.15, 0.2) is 0 Å². The molecule has 6 N–H and O–H groups in total. The van der Waals surface area contributed by atoms with Crippen molar-refractivity contribution < 1.29 is 82.7 Å². The molecule has 0 spiro atoms. The van der Waals surface area contributed by atoms with E-state index in [9.17, 15) is 83.0 Å². The van der Waals surface area contributed by atoms with Crippen molar-refractivity contribution in [1.29, 1.82) is 0 Å². The van der Waals surface area contributed by atoms with Gasteiger partial charge in [0.2, 0.25) is 5.69 Å². The Morgan fingerprint density at radius 1 is 0.383 bits per heavy atom. The lowest BCUT2D eigenvalue weighted by molar-refractivity contribution is -0.435. The van der Waals surface area contributed by atoms with Gasteiger partial charge < -0.3 is 5.21 Å².